The van der Waals surface area contributed by atoms with Crippen LogP contribution in [-0.4, -0.2) is 19.6 Å². The Hall–Kier alpha value is -0.540. The molecule has 2 nitrogen and oxygen atoms in total. The molecule has 1 aromatic rings. The maximum absolute atomic E-state index is 5.81. The third-order valence-corrected chi connectivity index (χ3v) is 3.32. The SMILES string of the molecule is CCCN(C)c1ccc(CC(C)N)c(Br)c1. The first-order valence-electron chi connectivity index (χ1n) is 5.79. The molecule has 0 saturated carbocycles. The molecule has 0 aliphatic rings. The van der Waals surface area contributed by atoms with Crippen molar-refractivity contribution >= 4 is 21.6 Å². The van der Waals surface area contributed by atoms with Gasteiger partial charge in [-0.1, -0.05) is 28.9 Å². The average Bonchev–Trinajstić information content (AvgIpc) is 2.20. The molecule has 3 heteroatoms. The van der Waals surface area contributed by atoms with Gasteiger partial charge in [0.1, 0.15) is 0 Å². The zero-order chi connectivity index (χ0) is 12.1. The van der Waals surface area contributed by atoms with Crippen LogP contribution in [0.3, 0.4) is 0 Å². The summed E-state index contributed by atoms with van der Waals surface area (Å²) in [6.45, 7) is 5.30. The Balaban J connectivity index is 2.82. The molecule has 16 heavy (non-hydrogen) atoms. The van der Waals surface area contributed by atoms with Crippen molar-refractivity contribution in [2.75, 3.05) is 18.5 Å². The summed E-state index contributed by atoms with van der Waals surface area (Å²) in [5, 5.41) is 0. The quantitative estimate of drug-likeness (QED) is 0.900. The number of nitrogens with two attached hydrogens (primary N) is 1. The maximum Gasteiger partial charge on any atom is 0.0375 e. The standard InChI is InChI=1S/C13H21BrN2/c1-4-7-16(3)12-6-5-11(8-10(2)15)13(14)9-12/h5-6,9-10H,4,7-8,15H2,1-3H3. The highest BCUT2D eigenvalue weighted by Crippen LogP contribution is 2.24. The minimum atomic E-state index is 0.204. The van der Waals surface area contributed by atoms with E-state index >= 15 is 0 Å². The fourth-order valence-electron chi connectivity index (χ4n) is 1.75. The summed E-state index contributed by atoms with van der Waals surface area (Å²) >= 11 is 3.61. The minimum Gasteiger partial charge on any atom is -0.375 e. The third-order valence-electron chi connectivity index (χ3n) is 2.58. The molecule has 1 unspecified atom stereocenters. The van der Waals surface area contributed by atoms with Gasteiger partial charge >= 0.3 is 0 Å². The van der Waals surface area contributed by atoms with Gasteiger partial charge in [0.2, 0.25) is 0 Å². The lowest BCUT2D eigenvalue weighted by atomic mass is 10.1. The summed E-state index contributed by atoms with van der Waals surface area (Å²) in [6, 6.07) is 6.70. The minimum absolute atomic E-state index is 0.204. The molecular weight excluding hydrogens is 264 g/mol. The van der Waals surface area contributed by atoms with Gasteiger partial charge in [-0.25, -0.2) is 0 Å². The van der Waals surface area contributed by atoms with Crippen LogP contribution in [-0.2, 0) is 6.42 Å². The fraction of sp³-hybridized carbons (Fsp3) is 0.538. The van der Waals surface area contributed by atoms with Crippen molar-refractivity contribution < 1.29 is 0 Å². The Morgan fingerprint density at radius 2 is 2.12 bits per heavy atom. The van der Waals surface area contributed by atoms with E-state index in [9.17, 15) is 0 Å². The van der Waals surface area contributed by atoms with Crippen LogP contribution < -0.4 is 10.6 Å². The Morgan fingerprint density at radius 1 is 1.44 bits per heavy atom. The lowest BCUT2D eigenvalue weighted by Gasteiger charge is -2.19. The van der Waals surface area contributed by atoms with Crippen LogP contribution in [0.4, 0.5) is 5.69 Å². The summed E-state index contributed by atoms with van der Waals surface area (Å²) in [7, 11) is 2.12. The zero-order valence-corrected chi connectivity index (χ0v) is 11.9. The molecule has 2 N–H and O–H groups in total. The van der Waals surface area contributed by atoms with Crippen molar-refractivity contribution in [2.24, 2.45) is 5.73 Å². The first-order valence-corrected chi connectivity index (χ1v) is 6.59. The molecule has 90 valence electrons. The van der Waals surface area contributed by atoms with Crippen LogP contribution in [0.2, 0.25) is 0 Å². The fourth-order valence-corrected chi connectivity index (χ4v) is 2.28. The van der Waals surface area contributed by atoms with E-state index in [1.807, 2.05) is 6.92 Å². The number of hydrogen-bond donors (Lipinski definition) is 1. The van der Waals surface area contributed by atoms with Gasteiger partial charge in [-0.2, -0.15) is 0 Å². The van der Waals surface area contributed by atoms with Gasteiger partial charge in [-0.05, 0) is 37.5 Å². The smallest absolute Gasteiger partial charge is 0.0375 e. The number of anilines is 1. The molecule has 1 aromatic carbocycles. The van der Waals surface area contributed by atoms with Crippen molar-refractivity contribution in [3.8, 4) is 0 Å². The van der Waals surface area contributed by atoms with Gasteiger partial charge in [0.25, 0.3) is 0 Å². The van der Waals surface area contributed by atoms with E-state index in [0.717, 1.165) is 23.9 Å². The number of rotatable bonds is 5. The zero-order valence-electron chi connectivity index (χ0n) is 10.3. The molecule has 0 aliphatic heterocycles. The summed E-state index contributed by atoms with van der Waals surface area (Å²) in [6.07, 6.45) is 2.08. The van der Waals surface area contributed by atoms with Gasteiger partial charge in [-0.3, -0.25) is 0 Å². The van der Waals surface area contributed by atoms with E-state index in [-0.39, 0.29) is 6.04 Å². The molecule has 0 fully saturated rings. The molecule has 0 heterocycles. The summed E-state index contributed by atoms with van der Waals surface area (Å²) in [5.74, 6) is 0. The van der Waals surface area contributed by atoms with Gasteiger partial charge in [-0.15, -0.1) is 0 Å². The highest BCUT2D eigenvalue weighted by atomic mass is 79.9. The second kappa shape index (κ2) is 6.26. The van der Waals surface area contributed by atoms with E-state index in [1.165, 1.54) is 11.3 Å². The van der Waals surface area contributed by atoms with Crippen LogP contribution in [0.5, 0.6) is 0 Å². The average molecular weight is 285 g/mol. The van der Waals surface area contributed by atoms with Crippen molar-refractivity contribution in [1.82, 2.24) is 0 Å². The van der Waals surface area contributed by atoms with Gasteiger partial charge in [0.15, 0.2) is 0 Å². The topological polar surface area (TPSA) is 29.3 Å². The number of benzene rings is 1. The van der Waals surface area contributed by atoms with Crippen LogP contribution in [0.15, 0.2) is 22.7 Å². The van der Waals surface area contributed by atoms with Gasteiger partial charge in [0, 0.05) is 29.8 Å². The van der Waals surface area contributed by atoms with E-state index in [2.05, 4.69) is 53.0 Å². The summed E-state index contributed by atoms with van der Waals surface area (Å²) < 4.78 is 1.16. The number of halogens is 1. The predicted molar refractivity (Wildman–Crippen MR) is 75.1 cm³/mol. The maximum atomic E-state index is 5.81. The molecule has 1 rings (SSSR count). The van der Waals surface area contributed by atoms with Crippen molar-refractivity contribution in [3.63, 3.8) is 0 Å². The van der Waals surface area contributed by atoms with Gasteiger partial charge in [0.05, 0.1) is 0 Å². The van der Waals surface area contributed by atoms with E-state index in [1.54, 1.807) is 0 Å². The van der Waals surface area contributed by atoms with Crippen molar-refractivity contribution in [1.29, 1.82) is 0 Å². The van der Waals surface area contributed by atoms with Crippen molar-refractivity contribution in [3.05, 3.63) is 28.2 Å². The second-order valence-corrected chi connectivity index (χ2v) is 5.23. The molecule has 0 bridgehead atoms. The number of hydrogen-bond acceptors (Lipinski definition) is 2. The lowest BCUT2D eigenvalue weighted by molar-refractivity contribution is 0.735. The first-order chi connectivity index (χ1) is 7.54. The Bertz CT molecular complexity index is 337. The monoisotopic (exact) mass is 284 g/mol. The third kappa shape index (κ3) is 3.80. The molecule has 0 aliphatic carbocycles. The largest absolute Gasteiger partial charge is 0.375 e. The highest BCUT2D eigenvalue weighted by Gasteiger charge is 2.06. The summed E-state index contributed by atoms with van der Waals surface area (Å²) in [5.41, 5.74) is 8.34. The Labute approximate surface area is 107 Å². The normalized spacial score (nSPS) is 12.6. The summed E-state index contributed by atoms with van der Waals surface area (Å²) in [4.78, 5) is 2.26. The molecular formula is C13H21BrN2. The van der Waals surface area contributed by atoms with E-state index in [4.69, 9.17) is 5.73 Å². The van der Waals surface area contributed by atoms with Crippen LogP contribution >= 0.6 is 15.9 Å². The molecule has 0 amide bonds. The lowest BCUT2D eigenvalue weighted by Crippen LogP contribution is -2.19. The van der Waals surface area contributed by atoms with Gasteiger partial charge < -0.3 is 10.6 Å². The van der Waals surface area contributed by atoms with Crippen LogP contribution in [0.25, 0.3) is 0 Å². The molecule has 0 aromatic heterocycles. The molecule has 0 saturated heterocycles. The van der Waals surface area contributed by atoms with E-state index < -0.39 is 0 Å². The van der Waals surface area contributed by atoms with Crippen LogP contribution in [0, 0.1) is 0 Å². The number of nitrogens with zero attached hydrogens (tertiary/aromatic N) is 1. The molecule has 0 radical (unpaired) electrons. The van der Waals surface area contributed by atoms with E-state index in [0.29, 0.717) is 0 Å². The Morgan fingerprint density at radius 3 is 2.62 bits per heavy atom. The molecule has 1 atom stereocenters. The predicted octanol–water partition coefficient (Wildman–Crippen LogP) is 3.19. The molecule has 0 spiro atoms. The first kappa shape index (κ1) is 13.5. The van der Waals surface area contributed by atoms with Crippen molar-refractivity contribution in [2.45, 2.75) is 32.7 Å². The van der Waals surface area contributed by atoms with Crippen LogP contribution in [0.1, 0.15) is 25.8 Å². The second-order valence-electron chi connectivity index (χ2n) is 4.38. The highest BCUT2D eigenvalue weighted by molar-refractivity contribution is 9.10. The Kier molecular flexibility index (Phi) is 5.29.